The van der Waals surface area contributed by atoms with Crippen LogP contribution in [0, 0.1) is 6.92 Å². The molecule has 1 aliphatic rings. The Labute approximate surface area is 162 Å². The third kappa shape index (κ3) is 5.19. The second kappa shape index (κ2) is 9.36. The molecule has 2 aromatic rings. The maximum absolute atomic E-state index is 12.6. The zero-order valence-electron chi connectivity index (χ0n) is 16.4. The van der Waals surface area contributed by atoms with E-state index in [4.69, 9.17) is 0 Å². The minimum absolute atomic E-state index is 0.0546. The Morgan fingerprint density at radius 3 is 2.81 bits per heavy atom. The summed E-state index contributed by atoms with van der Waals surface area (Å²) in [5.41, 5.74) is 5.35. The number of amides is 1. The molecule has 4 heteroatoms. The van der Waals surface area contributed by atoms with Crippen LogP contribution >= 0.6 is 0 Å². The molecule has 4 nitrogen and oxygen atoms in total. The fraction of sp³-hybridized carbons (Fsp3) is 0.391. The van der Waals surface area contributed by atoms with Gasteiger partial charge < -0.3 is 10.2 Å². The van der Waals surface area contributed by atoms with E-state index in [0.29, 0.717) is 12.1 Å². The number of aryl methyl sites for hydroxylation is 1. The standard InChI is InChI=1S/C23H29N3O/c1-3-26(21-11-7-8-18(2)14-21)22-15-20(16-24-17-22)23(27)25-13-12-19-9-5-4-6-10-19/h7-9,11,14-17H,3-6,10,12-13H2,1-2H3,(H,25,27). The van der Waals surface area contributed by atoms with Crippen molar-refractivity contribution in [3.8, 4) is 0 Å². The fourth-order valence-corrected chi connectivity index (χ4v) is 3.58. The van der Waals surface area contributed by atoms with Crippen LogP contribution in [0.1, 0.15) is 54.9 Å². The SMILES string of the molecule is CCN(c1cccc(C)c1)c1cncc(C(=O)NCCC2=CCCCC2)c1. The van der Waals surface area contributed by atoms with E-state index in [1.807, 2.05) is 12.3 Å². The molecule has 27 heavy (non-hydrogen) atoms. The molecule has 1 aromatic heterocycles. The fourth-order valence-electron chi connectivity index (χ4n) is 3.58. The Bertz CT molecular complexity index is 813. The molecule has 0 aliphatic heterocycles. The Hall–Kier alpha value is -2.62. The predicted molar refractivity (Wildman–Crippen MR) is 112 cm³/mol. The number of nitrogens with one attached hydrogen (secondary N) is 1. The number of pyridine rings is 1. The van der Waals surface area contributed by atoms with Gasteiger partial charge in [0, 0.05) is 25.0 Å². The summed E-state index contributed by atoms with van der Waals surface area (Å²) in [7, 11) is 0. The quantitative estimate of drug-likeness (QED) is 0.690. The molecule has 0 atom stereocenters. The molecule has 1 heterocycles. The van der Waals surface area contributed by atoms with Crippen LogP contribution in [-0.4, -0.2) is 24.0 Å². The van der Waals surface area contributed by atoms with E-state index < -0.39 is 0 Å². The van der Waals surface area contributed by atoms with Gasteiger partial charge in [-0.1, -0.05) is 23.8 Å². The van der Waals surface area contributed by atoms with Crippen LogP contribution in [-0.2, 0) is 0 Å². The summed E-state index contributed by atoms with van der Waals surface area (Å²) >= 11 is 0. The van der Waals surface area contributed by atoms with Gasteiger partial charge in [-0.05, 0) is 69.7 Å². The van der Waals surface area contributed by atoms with Gasteiger partial charge in [0.2, 0.25) is 0 Å². The summed E-state index contributed by atoms with van der Waals surface area (Å²) < 4.78 is 0. The molecule has 0 fully saturated rings. The first-order valence-corrected chi connectivity index (χ1v) is 9.92. The number of aromatic nitrogens is 1. The van der Waals surface area contributed by atoms with Gasteiger partial charge >= 0.3 is 0 Å². The molecular weight excluding hydrogens is 334 g/mol. The summed E-state index contributed by atoms with van der Waals surface area (Å²) in [5.74, 6) is -0.0546. The molecule has 142 valence electrons. The second-order valence-corrected chi connectivity index (χ2v) is 7.13. The van der Waals surface area contributed by atoms with E-state index in [2.05, 4.69) is 59.4 Å². The highest BCUT2D eigenvalue weighted by Crippen LogP contribution is 2.26. The molecule has 0 saturated heterocycles. The van der Waals surface area contributed by atoms with Crippen LogP contribution in [0.2, 0.25) is 0 Å². The molecule has 0 spiro atoms. The predicted octanol–water partition coefficient (Wildman–Crippen LogP) is 5.17. The lowest BCUT2D eigenvalue weighted by atomic mass is 9.97. The van der Waals surface area contributed by atoms with Crippen molar-refractivity contribution >= 4 is 17.3 Å². The van der Waals surface area contributed by atoms with Crippen LogP contribution < -0.4 is 10.2 Å². The number of rotatable bonds is 7. The highest BCUT2D eigenvalue weighted by molar-refractivity contribution is 5.95. The monoisotopic (exact) mass is 363 g/mol. The molecule has 0 bridgehead atoms. The van der Waals surface area contributed by atoms with Crippen LogP contribution in [0.5, 0.6) is 0 Å². The van der Waals surface area contributed by atoms with Crippen molar-refractivity contribution in [3.05, 3.63) is 65.5 Å². The van der Waals surface area contributed by atoms with Crippen molar-refractivity contribution in [2.75, 3.05) is 18.0 Å². The summed E-state index contributed by atoms with van der Waals surface area (Å²) in [6, 6.07) is 10.3. The lowest BCUT2D eigenvalue weighted by molar-refractivity contribution is 0.0953. The first kappa shape index (κ1) is 19.2. The smallest absolute Gasteiger partial charge is 0.252 e. The molecule has 0 unspecified atom stereocenters. The minimum atomic E-state index is -0.0546. The molecule has 1 N–H and O–H groups in total. The number of hydrogen-bond acceptors (Lipinski definition) is 3. The van der Waals surface area contributed by atoms with Gasteiger partial charge in [-0.3, -0.25) is 9.78 Å². The third-order valence-electron chi connectivity index (χ3n) is 5.04. The van der Waals surface area contributed by atoms with E-state index in [1.54, 1.807) is 6.20 Å². The molecule has 1 aromatic carbocycles. The molecule has 1 amide bonds. The van der Waals surface area contributed by atoms with Gasteiger partial charge in [-0.25, -0.2) is 0 Å². The Kier molecular flexibility index (Phi) is 6.64. The zero-order chi connectivity index (χ0) is 19.1. The van der Waals surface area contributed by atoms with E-state index in [9.17, 15) is 4.79 Å². The summed E-state index contributed by atoms with van der Waals surface area (Å²) in [6.45, 7) is 5.68. The van der Waals surface area contributed by atoms with Crippen molar-refractivity contribution in [2.24, 2.45) is 0 Å². The van der Waals surface area contributed by atoms with Gasteiger partial charge in [0.05, 0.1) is 17.4 Å². The molecule has 3 rings (SSSR count). The number of allylic oxidation sites excluding steroid dienone is 1. The van der Waals surface area contributed by atoms with E-state index in [1.165, 1.54) is 36.8 Å². The van der Waals surface area contributed by atoms with Crippen molar-refractivity contribution in [2.45, 2.75) is 46.0 Å². The van der Waals surface area contributed by atoms with Crippen LogP contribution in [0.15, 0.2) is 54.4 Å². The average molecular weight is 364 g/mol. The minimum Gasteiger partial charge on any atom is -0.352 e. The van der Waals surface area contributed by atoms with Crippen molar-refractivity contribution in [1.29, 1.82) is 0 Å². The van der Waals surface area contributed by atoms with E-state index in [0.717, 1.165) is 24.3 Å². The number of carbonyl (C=O) groups excluding carboxylic acids is 1. The summed E-state index contributed by atoms with van der Waals surface area (Å²) in [5, 5.41) is 3.04. The van der Waals surface area contributed by atoms with Gasteiger partial charge in [0.1, 0.15) is 0 Å². The Morgan fingerprint density at radius 2 is 2.07 bits per heavy atom. The Morgan fingerprint density at radius 1 is 1.19 bits per heavy atom. The first-order chi connectivity index (χ1) is 13.2. The largest absolute Gasteiger partial charge is 0.352 e. The van der Waals surface area contributed by atoms with Crippen molar-refractivity contribution < 1.29 is 4.79 Å². The molecular formula is C23H29N3O. The highest BCUT2D eigenvalue weighted by atomic mass is 16.1. The van der Waals surface area contributed by atoms with E-state index in [-0.39, 0.29) is 5.91 Å². The third-order valence-corrected chi connectivity index (χ3v) is 5.04. The summed E-state index contributed by atoms with van der Waals surface area (Å²) in [6.07, 6.45) is 11.7. The van der Waals surface area contributed by atoms with Gasteiger partial charge in [-0.15, -0.1) is 0 Å². The normalized spacial score (nSPS) is 13.8. The number of anilines is 2. The Balaban J connectivity index is 1.66. The maximum Gasteiger partial charge on any atom is 0.252 e. The average Bonchev–Trinajstić information content (AvgIpc) is 2.70. The topological polar surface area (TPSA) is 45.2 Å². The number of hydrogen-bond donors (Lipinski definition) is 1. The first-order valence-electron chi connectivity index (χ1n) is 9.92. The zero-order valence-corrected chi connectivity index (χ0v) is 16.4. The highest BCUT2D eigenvalue weighted by Gasteiger charge is 2.12. The van der Waals surface area contributed by atoms with Gasteiger partial charge in [0.25, 0.3) is 5.91 Å². The van der Waals surface area contributed by atoms with Gasteiger partial charge in [0.15, 0.2) is 0 Å². The maximum atomic E-state index is 12.6. The number of benzene rings is 1. The van der Waals surface area contributed by atoms with Crippen LogP contribution in [0.25, 0.3) is 0 Å². The van der Waals surface area contributed by atoms with Crippen molar-refractivity contribution in [1.82, 2.24) is 10.3 Å². The lowest BCUT2D eigenvalue weighted by Crippen LogP contribution is -2.25. The summed E-state index contributed by atoms with van der Waals surface area (Å²) in [4.78, 5) is 19.0. The van der Waals surface area contributed by atoms with E-state index >= 15 is 0 Å². The number of nitrogens with zero attached hydrogens (tertiary/aromatic N) is 2. The number of carbonyl (C=O) groups is 1. The molecule has 1 aliphatic carbocycles. The van der Waals surface area contributed by atoms with Crippen LogP contribution in [0.3, 0.4) is 0 Å². The van der Waals surface area contributed by atoms with Crippen molar-refractivity contribution in [3.63, 3.8) is 0 Å². The van der Waals surface area contributed by atoms with Gasteiger partial charge in [-0.2, -0.15) is 0 Å². The second-order valence-electron chi connectivity index (χ2n) is 7.13. The molecule has 0 saturated carbocycles. The van der Waals surface area contributed by atoms with Crippen LogP contribution in [0.4, 0.5) is 11.4 Å². The lowest BCUT2D eigenvalue weighted by Gasteiger charge is -2.23. The molecule has 0 radical (unpaired) electrons.